The van der Waals surface area contributed by atoms with Gasteiger partial charge in [-0.05, 0) is 30.4 Å². The number of carboxylic acids is 1. The van der Waals surface area contributed by atoms with Crippen LogP contribution in [0.5, 0.6) is 6.01 Å². The van der Waals surface area contributed by atoms with E-state index in [4.69, 9.17) is 21.4 Å². The van der Waals surface area contributed by atoms with Gasteiger partial charge >= 0.3 is 12.0 Å². The topological polar surface area (TPSA) is 97.2 Å². The Balaban J connectivity index is 2.16. The summed E-state index contributed by atoms with van der Waals surface area (Å²) in [5.41, 5.74) is 0. The van der Waals surface area contributed by atoms with Crippen LogP contribution in [0.4, 0.5) is 5.95 Å². The third-order valence-electron chi connectivity index (χ3n) is 2.41. The molecular formula is C9H11ClN4O3. The second kappa shape index (κ2) is 4.70. The normalized spacial score (nSPS) is 16.4. The number of carbonyl (C=O) groups is 1. The summed E-state index contributed by atoms with van der Waals surface area (Å²) in [5.74, 6) is -0.696. The molecule has 0 aliphatic heterocycles. The van der Waals surface area contributed by atoms with E-state index >= 15 is 0 Å². The predicted octanol–water partition coefficient (Wildman–Crippen LogP) is 0.809. The summed E-state index contributed by atoms with van der Waals surface area (Å²) in [6, 6.07) is -0.648. The van der Waals surface area contributed by atoms with Crippen LogP contribution in [0.2, 0.25) is 5.28 Å². The largest absolute Gasteiger partial charge is 0.480 e. The van der Waals surface area contributed by atoms with Gasteiger partial charge in [0.05, 0.1) is 7.11 Å². The van der Waals surface area contributed by atoms with Gasteiger partial charge in [0.25, 0.3) is 0 Å². The van der Waals surface area contributed by atoms with Crippen molar-refractivity contribution in [3.8, 4) is 6.01 Å². The highest BCUT2D eigenvalue weighted by atomic mass is 35.5. The highest BCUT2D eigenvalue weighted by Gasteiger charge is 2.36. The lowest BCUT2D eigenvalue weighted by Crippen LogP contribution is -2.32. The number of aliphatic carboxylic acids is 1. The molecule has 92 valence electrons. The molecule has 0 amide bonds. The molecule has 7 nitrogen and oxygen atoms in total. The quantitative estimate of drug-likeness (QED) is 0.806. The van der Waals surface area contributed by atoms with Gasteiger partial charge in [-0.3, -0.25) is 0 Å². The summed E-state index contributed by atoms with van der Waals surface area (Å²) in [4.78, 5) is 22.4. The van der Waals surface area contributed by atoms with Crippen molar-refractivity contribution in [3.05, 3.63) is 5.28 Å². The number of nitrogens with one attached hydrogen (secondary N) is 1. The van der Waals surface area contributed by atoms with Gasteiger partial charge in [-0.1, -0.05) is 0 Å². The van der Waals surface area contributed by atoms with Crippen molar-refractivity contribution in [2.75, 3.05) is 12.4 Å². The Hall–Kier alpha value is -1.63. The molecule has 1 atom stereocenters. The molecule has 1 heterocycles. The molecule has 0 saturated heterocycles. The molecule has 2 rings (SSSR count). The molecule has 1 aromatic rings. The molecule has 17 heavy (non-hydrogen) atoms. The molecule has 1 aromatic heterocycles. The lowest BCUT2D eigenvalue weighted by Gasteiger charge is -2.13. The third kappa shape index (κ3) is 2.94. The minimum absolute atomic E-state index is 0.0423. The van der Waals surface area contributed by atoms with Crippen molar-refractivity contribution in [3.63, 3.8) is 0 Å². The van der Waals surface area contributed by atoms with Gasteiger partial charge in [0.1, 0.15) is 6.04 Å². The van der Waals surface area contributed by atoms with Gasteiger partial charge in [0.2, 0.25) is 11.2 Å². The number of halogens is 1. The second-order valence-electron chi connectivity index (χ2n) is 3.71. The minimum atomic E-state index is -0.928. The van der Waals surface area contributed by atoms with Crippen LogP contribution < -0.4 is 10.1 Å². The Morgan fingerprint density at radius 2 is 2.24 bits per heavy atom. The van der Waals surface area contributed by atoms with Crippen molar-refractivity contribution in [1.82, 2.24) is 15.0 Å². The lowest BCUT2D eigenvalue weighted by molar-refractivity contribution is -0.138. The minimum Gasteiger partial charge on any atom is -0.480 e. The maximum absolute atomic E-state index is 11.0. The van der Waals surface area contributed by atoms with Crippen molar-refractivity contribution in [2.24, 2.45) is 5.92 Å². The molecule has 1 fully saturated rings. The van der Waals surface area contributed by atoms with E-state index in [1.54, 1.807) is 0 Å². The Labute approximate surface area is 102 Å². The SMILES string of the molecule is COc1nc(Cl)nc(NC(C(=O)O)C2CC2)n1. The van der Waals surface area contributed by atoms with Crippen molar-refractivity contribution < 1.29 is 14.6 Å². The van der Waals surface area contributed by atoms with Crippen LogP contribution in [-0.2, 0) is 4.79 Å². The van der Waals surface area contributed by atoms with Crippen molar-refractivity contribution in [1.29, 1.82) is 0 Å². The van der Waals surface area contributed by atoms with Gasteiger partial charge in [0.15, 0.2) is 0 Å². The number of carboxylic acid groups (broad SMARTS) is 1. The molecule has 2 N–H and O–H groups in total. The Morgan fingerprint density at radius 1 is 1.53 bits per heavy atom. The number of hydrogen-bond acceptors (Lipinski definition) is 6. The molecule has 1 unspecified atom stereocenters. The number of methoxy groups -OCH3 is 1. The van der Waals surface area contributed by atoms with E-state index in [1.165, 1.54) is 7.11 Å². The monoisotopic (exact) mass is 258 g/mol. The number of rotatable bonds is 5. The third-order valence-corrected chi connectivity index (χ3v) is 2.58. The number of anilines is 1. The van der Waals surface area contributed by atoms with Gasteiger partial charge < -0.3 is 15.2 Å². The zero-order valence-electron chi connectivity index (χ0n) is 9.05. The van der Waals surface area contributed by atoms with Gasteiger partial charge in [-0.15, -0.1) is 0 Å². The Kier molecular flexibility index (Phi) is 3.28. The summed E-state index contributed by atoms with van der Waals surface area (Å²) >= 11 is 5.66. The maximum atomic E-state index is 11.0. The smallest absolute Gasteiger partial charge is 0.326 e. The standard InChI is InChI=1S/C9H11ClN4O3/c1-17-9-13-7(10)12-8(14-9)11-5(6(15)16)4-2-3-4/h4-5H,2-3H2,1H3,(H,15,16)(H,11,12,13,14). The highest BCUT2D eigenvalue weighted by molar-refractivity contribution is 6.28. The van der Waals surface area contributed by atoms with E-state index in [0.717, 1.165) is 12.8 Å². The Morgan fingerprint density at radius 3 is 2.76 bits per heavy atom. The van der Waals surface area contributed by atoms with E-state index in [9.17, 15) is 4.79 Å². The van der Waals surface area contributed by atoms with Crippen LogP contribution in [0.1, 0.15) is 12.8 Å². The first-order valence-electron chi connectivity index (χ1n) is 5.05. The van der Waals surface area contributed by atoms with Crippen LogP contribution in [0.15, 0.2) is 0 Å². The average molecular weight is 259 g/mol. The van der Waals surface area contributed by atoms with Crippen molar-refractivity contribution in [2.45, 2.75) is 18.9 Å². The first kappa shape index (κ1) is 11.8. The summed E-state index contributed by atoms with van der Waals surface area (Å²) in [6.07, 6.45) is 1.78. The molecule has 0 aromatic carbocycles. The van der Waals surface area contributed by atoms with Gasteiger partial charge in [-0.25, -0.2) is 4.79 Å². The summed E-state index contributed by atoms with van der Waals surface area (Å²) in [5, 5.41) is 11.7. The first-order valence-corrected chi connectivity index (χ1v) is 5.43. The molecule has 0 bridgehead atoms. The number of ether oxygens (including phenoxy) is 1. The molecule has 8 heteroatoms. The number of aromatic nitrogens is 3. The van der Waals surface area contributed by atoms with Crippen molar-refractivity contribution >= 4 is 23.5 Å². The fourth-order valence-electron chi connectivity index (χ4n) is 1.44. The molecule has 1 aliphatic carbocycles. The maximum Gasteiger partial charge on any atom is 0.326 e. The van der Waals surface area contributed by atoms with Gasteiger partial charge in [-0.2, -0.15) is 15.0 Å². The molecule has 0 radical (unpaired) electrons. The summed E-state index contributed by atoms with van der Waals surface area (Å²) in [7, 11) is 1.39. The van der Waals surface area contributed by atoms with Crippen LogP contribution in [0.3, 0.4) is 0 Å². The lowest BCUT2D eigenvalue weighted by atomic mass is 10.2. The van der Waals surface area contributed by atoms with Crippen LogP contribution in [0, 0.1) is 5.92 Å². The Bertz CT molecular complexity index is 438. The fraction of sp³-hybridized carbons (Fsp3) is 0.556. The zero-order chi connectivity index (χ0) is 12.4. The molecular weight excluding hydrogens is 248 g/mol. The summed E-state index contributed by atoms with van der Waals surface area (Å²) in [6.45, 7) is 0. The van der Waals surface area contributed by atoms with Crippen LogP contribution in [-0.4, -0.2) is 39.2 Å². The zero-order valence-corrected chi connectivity index (χ0v) is 9.81. The fourth-order valence-corrected chi connectivity index (χ4v) is 1.59. The van der Waals surface area contributed by atoms with E-state index in [0.29, 0.717) is 0 Å². The predicted molar refractivity (Wildman–Crippen MR) is 59.2 cm³/mol. The average Bonchev–Trinajstić information content (AvgIpc) is 3.08. The molecule has 1 aliphatic rings. The molecule has 0 spiro atoms. The van der Waals surface area contributed by atoms with E-state index in [2.05, 4.69) is 20.3 Å². The van der Waals surface area contributed by atoms with E-state index in [1.807, 2.05) is 0 Å². The van der Waals surface area contributed by atoms with Crippen LogP contribution >= 0.6 is 11.6 Å². The summed E-state index contributed by atoms with van der Waals surface area (Å²) < 4.78 is 4.82. The molecule has 1 saturated carbocycles. The van der Waals surface area contributed by atoms with E-state index in [-0.39, 0.29) is 23.2 Å². The van der Waals surface area contributed by atoms with Gasteiger partial charge in [0, 0.05) is 0 Å². The van der Waals surface area contributed by atoms with E-state index < -0.39 is 12.0 Å². The first-order chi connectivity index (χ1) is 8.10. The second-order valence-corrected chi connectivity index (χ2v) is 4.05. The van der Waals surface area contributed by atoms with Crippen LogP contribution in [0.25, 0.3) is 0 Å². The number of hydrogen-bond donors (Lipinski definition) is 2. The highest BCUT2D eigenvalue weighted by Crippen LogP contribution is 2.34. The number of nitrogens with zero attached hydrogens (tertiary/aromatic N) is 3.